The quantitative estimate of drug-likeness (QED) is 0.871. The van der Waals surface area contributed by atoms with Crippen molar-refractivity contribution in [3.05, 3.63) is 46.5 Å². The minimum absolute atomic E-state index is 0.0239. The van der Waals surface area contributed by atoms with Gasteiger partial charge in [0.05, 0.1) is 5.92 Å². The fourth-order valence-corrected chi connectivity index (χ4v) is 2.56. The third-order valence-corrected chi connectivity index (χ3v) is 3.95. The molecule has 2 rings (SSSR count). The lowest BCUT2D eigenvalue weighted by Crippen LogP contribution is -2.32. The average Bonchev–Trinajstić information content (AvgIpc) is 2.78. The number of nitrogens with two attached hydrogens (primary N) is 1. The second-order valence-corrected chi connectivity index (χ2v) is 5.53. The summed E-state index contributed by atoms with van der Waals surface area (Å²) >= 11 is 3.50. The summed E-state index contributed by atoms with van der Waals surface area (Å²) in [6.45, 7) is 0.611. The van der Waals surface area contributed by atoms with Crippen LogP contribution in [0, 0.1) is 5.92 Å². The van der Waals surface area contributed by atoms with Crippen LogP contribution in [0.3, 0.4) is 0 Å². The number of hydrogen-bond donors (Lipinski definition) is 1. The number of carbonyl (C=O) groups excluding carboxylic acids is 1. The number of halogens is 1. The molecule has 0 heterocycles. The summed E-state index contributed by atoms with van der Waals surface area (Å²) in [6.07, 6.45) is 4.55. The molecule has 0 radical (unpaired) electrons. The minimum Gasteiger partial charge on any atom is -0.341 e. The zero-order chi connectivity index (χ0) is 13.1. The molecule has 0 aromatic heterocycles. The van der Waals surface area contributed by atoms with E-state index in [2.05, 4.69) is 15.9 Å². The monoisotopic (exact) mass is 308 g/mol. The molecule has 2 N–H and O–H groups in total. The Morgan fingerprint density at radius 2 is 2.17 bits per heavy atom. The van der Waals surface area contributed by atoms with Gasteiger partial charge >= 0.3 is 0 Å². The lowest BCUT2D eigenvalue weighted by atomic mass is 10.1. The van der Waals surface area contributed by atoms with Crippen LogP contribution in [-0.2, 0) is 11.3 Å². The van der Waals surface area contributed by atoms with E-state index in [4.69, 9.17) is 5.73 Å². The maximum absolute atomic E-state index is 12.2. The van der Waals surface area contributed by atoms with Crippen molar-refractivity contribution in [3.63, 3.8) is 0 Å². The van der Waals surface area contributed by atoms with Crippen LogP contribution in [0.5, 0.6) is 0 Å². The Hall–Kier alpha value is -1.13. The van der Waals surface area contributed by atoms with E-state index in [1.165, 1.54) is 0 Å². The molecule has 2 unspecified atom stereocenters. The summed E-state index contributed by atoms with van der Waals surface area (Å²) in [6, 6.07) is 7.97. The van der Waals surface area contributed by atoms with Crippen LogP contribution in [0.4, 0.5) is 0 Å². The Morgan fingerprint density at radius 3 is 2.78 bits per heavy atom. The third-order valence-electron chi connectivity index (χ3n) is 3.18. The molecule has 0 saturated carbocycles. The highest BCUT2D eigenvalue weighted by Crippen LogP contribution is 2.21. The largest absolute Gasteiger partial charge is 0.341 e. The third kappa shape index (κ3) is 3.00. The van der Waals surface area contributed by atoms with Crippen molar-refractivity contribution in [2.45, 2.75) is 19.0 Å². The Labute approximate surface area is 116 Å². The van der Waals surface area contributed by atoms with E-state index in [0.717, 1.165) is 16.5 Å². The van der Waals surface area contributed by atoms with Gasteiger partial charge in [0.1, 0.15) is 0 Å². The minimum atomic E-state index is -0.0625. The lowest BCUT2D eigenvalue weighted by molar-refractivity contribution is -0.133. The first-order valence-corrected chi connectivity index (χ1v) is 6.79. The molecule has 1 aromatic rings. The van der Waals surface area contributed by atoms with Gasteiger partial charge in [0.15, 0.2) is 0 Å². The van der Waals surface area contributed by atoms with Crippen LogP contribution in [0.25, 0.3) is 0 Å². The number of rotatable bonds is 3. The molecular formula is C14H17BrN2O. The molecule has 1 aliphatic carbocycles. The fourth-order valence-electron chi connectivity index (χ4n) is 2.15. The number of carbonyl (C=O) groups is 1. The molecule has 1 aromatic carbocycles. The van der Waals surface area contributed by atoms with Crippen molar-refractivity contribution in [1.29, 1.82) is 0 Å². The summed E-state index contributed by atoms with van der Waals surface area (Å²) in [4.78, 5) is 14.0. The van der Waals surface area contributed by atoms with E-state index in [0.29, 0.717) is 6.54 Å². The molecular weight excluding hydrogens is 292 g/mol. The van der Waals surface area contributed by atoms with E-state index >= 15 is 0 Å². The van der Waals surface area contributed by atoms with Gasteiger partial charge in [-0.2, -0.15) is 0 Å². The van der Waals surface area contributed by atoms with Crippen molar-refractivity contribution < 1.29 is 4.79 Å². The van der Waals surface area contributed by atoms with Gasteiger partial charge in [-0.15, -0.1) is 0 Å². The van der Waals surface area contributed by atoms with Crippen molar-refractivity contribution in [1.82, 2.24) is 4.90 Å². The van der Waals surface area contributed by atoms with Crippen molar-refractivity contribution >= 4 is 21.8 Å². The highest BCUT2D eigenvalue weighted by atomic mass is 79.9. The molecule has 3 nitrogen and oxygen atoms in total. The number of benzene rings is 1. The van der Waals surface area contributed by atoms with E-state index in [1.807, 2.05) is 43.5 Å². The predicted octanol–water partition coefficient (Wildman–Crippen LogP) is 2.31. The van der Waals surface area contributed by atoms with Gasteiger partial charge in [-0.05, 0) is 18.1 Å². The van der Waals surface area contributed by atoms with E-state index < -0.39 is 0 Å². The van der Waals surface area contributed by atoms with Crippen LogP contribution in [0.1, 0.15) is 12.0 Å². The predicted molar refractivity (Wildman–Crippen MR) is 75.8 cm³/mol. The van der Waals surface area contributed by atoms with Crippen LogP contribution in [-0.4, -0.2) is 23.9 Å². The highest BCUT2D eigenvalue weighted by Gasteiger charge is 2.25. The normalized spacial score (nSPS) is 22.2. The molecule has 0 spiro atoms. The molecule has 96 valence electrons. The summed E-state index contributed by atoms with van der Waals surface area (Å²) in [5, 5.41) is 0. The van der Waals surface area contributed by atoms with Gasteiger partial charge < -0.3 is 10.6 Å². The van der Waals surface area contributed by atoms with Crippen LogP contribution in [0.2, 0.25) is 0 Å². The summed E-state index contributed by atoms with van der Waals surface area (Å²) in [5.74, 6) is 0.0717. The summed E-state index contributed by atoms with van der Waals surface area (Å²) < 4.78 is 1.03. The molecule has 0 fully saturated rings. The number of hydrogen-bond acceptors (Lipinski definition) is 2. The zero-order valence-electron chi connectivity index (χ0n) is 10.3. The van der Waals surface area contributed by atoms with Crippen LogP contribution in [0.15, 0.2) is 40.9 Å². The first-order valence-electron chi connectivity index (χ1n) is 6.00. The smallest absolute Gasteiger partial charge is 0.229 e. The maximum Gasteiger partial charge on any atom is 0.229 e. The molecule has 2 atom stereocenters. The SMILES string of the molecule is CN(Cc1ccccc1Br)C(=O)C1C=CC(N)C1. The maximum atomic E-state index is 12.2. The Balaban J connectivity index is 2.00. The first kappa shape index (κ1) is 13.3. The van der Waals surface area contributed by atoms with Gasteiger partial charge in [-0.25, -0.2) is 0 Å². The molecule has 4 heteroatoms. The molecule has 1 amide bonds. The van der Waals surface area contributed by atoms with Gasteiger partial charge in [-0.1, -0.05) is 46.3 Å². The highest BCUT2D eigenvalue weighted by molar-refractivity contribution is 9.10. The topological polar surface area (TPSA) is 46.3 Å². The van der Waals surface area contributed by atoms with Gasteiger partial charge in [0.2, 0.25) is 5.91 Å². The van der Waals surface area contributed by atoms with Gasteiger partial charge in [0, 0.05) is 24.1 Å². The Morgan fingerprint density at radius 1 is 1.44 bits per heavy atom. The van der Waals surface area contributed by atoms with Gasteiger partial charge in [-0.3, -0.25) is 4.79 Å². The second kappa shape index (κ2) is 5.67. The average molecular weight is 309 g/mol. The second-order valence-electron chi connectivity index (χ2n) is 4.68. The zero-order valence-corrected chi connectivity index (χ0v) is 11.9. The van der Waals surface area contributed by atoms with E-state index in [-0.39, 0.29) is 17.9 Å². The lowest BCUT2D eigenvalue weighted by Gasteiger charge is -2.21. The Kier molecular flexibility index (Phi) is 4.19. The van der Waals surface area contributed by atoms with Crippen molar-refractivity contribution in [2.75, 3.05) is 7.05 Å². The van der Waals surface area contributed by atoms with Crippen LogP contribution >= 0.6 is 15.9 Å². The number of nitrogens with zero attached hydrogens (tertiary/aromatic N) is 1. The molecule has 18 heavy (non-hydrogen) atoms. The van der Waals surface area contributed by atoms with Crippen molar-refractivity contribution in [2.24, 2.45) is 11.7 Å². The van der Waals surface area contributed by atoms with E-state index in [9.17, 15) is 4.79 Å². The molecule has 1 aliphatic rings. The van der Waals surface area contributed by atoms with Crippen molar-refractivity contribution in [3.8, 4) is 0 Å². The summed E-state index contributed by atoms with van der Waals surface area (Å²) in [7, 11) is 1.83. The number of amides is 1. The molecule has 0 saturated heterocycles. The van der Waals surface area contributed by atoms with E-state index in [1.54, 1.807) is 4.90 Å². The standard InChI is InChI=1S/C14H17BrN2O/c1-17(9-11-4-2-3-5-13(11)15)14(18)10-6-7-12(16)8-10/h2-7,10,12H,8-9,16H2,1H3. The molecule has 0 aliphatic heterocycles. The first-order chi connectivity index (χ1) is 8.58. The summed E-state index contributed by atoms with van der Waals surface area (Å²) in [5.41, 5.74) is 6.89. The van der Waals surface area contributed by atoms with Crippen LogP contribution < -0.4 is 5.73 Å². The van der Waals surface area contributed by atoms with Gasteiger partial charge in [0.25, 0.3) is 0 Å². The fraction of sp³-hybridized carbons (Fsp3) is 0.357. The molecule has 0 bridgehead atoms. The Bertz CT molecular complexity index is 473.